The SMILES string of the molecule is CC1=CC(=O)[C@H]2[C@@H](C1=O)C2(C)C. The monoisotopic (exact) mass is 164 g/mol. The minimum Gasteiger partial charge on any atom is -0.294 e. The summed E-state index contributed by atoms with van der Waals surface area (Å²) in [6, 6.07) is 0. The lowest BCUT2D eigenvalue weighted by Crippen LogP contribution is -2.14. The highest BCUT2D eigenvalue weighted by molar-refractivity contribution is 6.14. The third-order valence-electron chi connectivity index (χ3n) is 3.16. The number of allylic oxidation sites excluding steroid dienone is 2. The molecule has 2 rings (SSSR count). The van der Waals surface area contributed by atoms with Crippen molar-refractivity contribution in [2.24, 2.45) is 17.3 Å². The Kier molecular flexibility index (Phi) is 1.20. The van der Waals surface area contributed by atoms with Gasteiger partial charge in [0, 0.05) is 11.8 Å². The van der Waals surface area contributed by atoms with Gasteiger partial charge in [0.1, 0.15) is 0 Å². The average molecular weight is 164 g/mol. The molecule has 0 unspecified atom stereocenters. The molecule has 2 heteroatoms. The third kappa shape index (κ3) is 0.701. The molecule has 2 nitrogen and oxygen atoms in total. The van der Waals surface area contributed by atoms with Gasteiger partial charge in [-0.15, -0.1) is 0 Å². The van der Waals surface area contributed by atoms with E-state index in [1.165, 1.54) is 6.08 Å². The minimum atomic E-state index is -0.0809. The van der Waals surface area contributed by atoms with Crippen LogP contribution in [0.3, 0.4) is 0 Å². The van der Waals surface area contributed by atoms with Crippen molar-refractivity contribution in [1.29, 1.82) is 0 Å². The molecular weight excluding hydrogens is 152 g/mol. The predicted molar refractivity (Wildman–Crippen MR) is 44.5 cm³/mol. The summed E-state index contributed by atoms with van der Waals surface area (Å²) >= 11 is 0. The van der Waals surface area contributed by atoms with Gasteiger partial charge in [-0.25, -0.2) is 0 Å². The van der Waals surface area contributed by atoms with Gasteiger partial charge in [0.2, 0.25) is 0 Å². The molecule has 1 saturated carbocycles. The van der Waals surface area contributed by atoms with E-state index in [-0.39, 0.29) is 28.8 Å². The first-order valence-corrected chi connectivity index (χ1v) is 4.22. The molecule has 2 aliphatic rings. The molecule has 0 aromatic heterocycles. The van der Waals surface area contributed by atoms with E-state index in [1.54, 1.807) is 6.92 Å². The number of ketones is 2. The molecule has 12 heavy (non-hydrogen) atoms. The Morgan fingerprint density at radius 2 is 1.83 bits per heavy atom. The van der Waals surface area contributed by atoms with Crippen molar-refractivity contribution >= 4 is 11.6 Å². The lowest BCUT2D eigenvalue weighted by atomic mass is 9.99. The van der Waals surface area contributed by atoms with E-state index in [9.17, 15) is 9.59 Å². The summed E-state index contributed by atoms with van der Waals surface area (Å²) in [5.41, 5.74) is 0.550. The Hall–Kier alpha value is -0.920. The molecule has 0 N–H and O–H groups in total. The van der Waals surface area contributed by atoms with Crippen LogP contribution in [-0.4, -0.2) is 11.6 Å². The highest BCUT2D eigenvalue weighted by Gasteiger charge is 2.65. The van der Waals surface area contributed by atoms with Crippen LogP contribution in [0.5, 0.6) is 0 Å². The maximum absolute atomic E-state index is 11.5. The molecule has 0 spiro atoms. The third-order valence-corrected chi connectivity index (χ3v) is 3.16. The van der Waals surface area contributed by atoms with Crippen LogP contribution >= 0.6 is 0 Å². The van der Waals surface area contributed by atoms with Gasteiger partial charge in [0.15, 0.2) is 11.6 Å². The summed E-state index contributed by atoms with van der Waals surface area (Å²) in [5, 5.41) is 0. The number of fused-ring (bicyclic) bond motifs is 1. The van der Waals surface area contributed by atoms with Crippen LogP contribution in [0.1, 0.15) is 20.8 Å². The van der Waals surface area contributed by atoms with Gasteiger partial charge in [0.05, 0.1) is 0 Å². The van der Waals surface area contributed by atoms with Crippen LogP contribution in [0, 0.1) is 17.3 Å². The van der Waals surface area contributed by atoms with E-state index in [1.807, 2.05) is 13.8 Å². The molecule has 0 radical (unpaired) electrons. The summed E-state index contributed by atoms with van der Waals surface area (Å²) in [7, 11) is 0. The molecule has 0 amide bonds. The average Bonchev–Trinajstić information content (AvgIpc) is 2.50. The van der Waals surface area contributed by atoms with Gasteiger partial charge in [-0.1, -0.05) is 13.8 Å². The van der Waals surface area contributed by atoms with E-state index in [0.717, 1.165) is 0 Å². The Morgan fingerprint density at radius 1 is 1.25 bits per heavy atom. The zero-order valence-corrected chi connectivity index (χ0v) is 7.55. The zero-order chi connectivity index (χ0) is 9.09. The fraction of sp³-hybridized carbons (Fsp3) is 0.600. The van der Waals surface area contributed by atoms with Gasteiger partial charge in [0.25, 0.3) is 0 Å². The number of carbonyl (C=O) groups is 2. The van der Waals surface area contributed by atoms with Gasteiger partial charge < -0.3 is 0 Å². The largest absolute Gasteiger partial charge is 0.294 e. The summed E-state index contributed by atoms with van der Waals surface area (Å²) in [6.07, 6.45) is 1.50. The van der Waals surface area contributed by atoms with Crippen LogP contribution in [0.25, 0.3) is 0 Å². The van der Waals surface area contributed by atoms with Crippen molar-refractivity contribution in [3.05, 3.63) is 11.6 Å². The Labute approximate surface area is 71.6 Å². The molecule has 0 bridgehead atoms. The number of hydrogen-bond acceptors (Lipinski definition) is 2. The summed E-state index contributed by atoms with van der Waals surface area (Å²) < 4.78 is 0. The quantitative estimate of drug-likeness (QED) is 0.541. The minimum absolute atomic E-state index is 0.0185. The Morgan fingerprint density at radius 3 is 2.42 bits per heavy atom. The van der Waals surface area contributed by atoms with E-state index in [0.29, 0.717) is 5.57 Å². The first-order chi connectivity index (χ1) is 5.46. The Balaban J connectivity index is 2.42. The summed E-state index contributed by atoms with van der Waals surface area (Å²) in [5.74, 6) is 0.274. The van der Waals surface area contributed by atoms with Crippen LogP contribution in [0.2, 0.25) is 0 Å². The Bertz CT molecular complexity index is 310. The van der Waals surface area contributed by atoms with Gasteiger partial charge in [-0.3, -0.25) is 9.59 Å². The van der Waals surface area contributed by atoms with Crippen molar-refractivity contribution in [3.63, 3.8) is 0 Å². The second-order valence-electron chi connectivity index (χ2n) is 4.37. The number of carbonyl (C=O) groups excluding carboxylic acids is 2. The highest BCUT2D eigenvalue weighted by atomic mass is 16.1. The summed E-state index contributed by atoms with van der Waals surface area (Å²) in [6.45, 7) is 5.71. The van der Waals surface area contributed by atoms with E-state index in [4.69, 9.17) is 0 Å². The van der Waals surface area contributed by atoms with Gasteiger partial charge >= 0.3 is 0 Å². The van der Waals surface area contributed by atoms with Crippen molar-refractivity contribution in [3.8, 4) is 0 Å². The van der Waals surface area contributed by atoms with Crippen LogP contribution < -0.4 is 0 Å². The number of rotatable bonds is 0. The molecule has 0 saturated heterocycles. The first kappa shape index (κ1) is 7.71. The van der Waals surface area contributed by atoms with Crippen molar-refractivity contribution in [1.82, 2.24) is 0 Å². The van der Waals surface area contributed by atoms with Crippen LogP contribution in [0.4, 0.5) is 0 Å². The molecule has 64 valence electrons. The number of hydrogen-bond donors (Lipinski definition) is 0. The lowest BCUT2D eigenvalue weighted by Gasteiger charge is -2.03. The normalized spacial score (nSPS) is 37.4. The highest BCUT2D eigenvalue weighted by Crippen LogP contribution is 2.61. The maximum Gasteiger partial charge on any atom is 0.163 e. The van der Waals surface area contributed by atoms with E-state index in [2.05, 4.69) is 0 Å². The summed E-state index contributed by atoms with van der Waals surface area (Å²) in [4.78, 5) is 22.9. The lowest BCUT2D eigenvalue weighted by molar-refractivity contribution is -0.122. The fourth-order valence-electron chi connectivity index (χ4n) is 2.28. The molecule has 0 heterocycles. The molecule has 0 aliphatic heterocycles. The van der Waals surface area contributed by atoms with E-state index >= 15 is 0 Å². The van der Waals surface area contributed by atoms with Gasteiger partial charge in [-0.05, 0) is 24.0 Å². The van der Waals surface area contributed by atoms with Crippen molar-refractivity contribution in [2.75, 3.05) is 0 Å². The molecule has 2 aliphatic carbocycles. The van der Waals surface area contributed by atoms with Crippen molar-refractivity contribution in [2.45, 2.75) is 20.8 Å². The molecule has 1 fully saturated rings. The predicted octanol–water partition coefficient (Wildman–Crippen LogP) is 1.36. The number of Topliss-reactive ketones (excluding diaryl/α,β-unsaturated/α-hetero) is 1. The van der Waals surface area contributed by atoms with Crippen LogP contribution in [0.15, 0.2) is 11.6 Å². The molecule has 2 atom stereocenters. The molecular formula is C10H12O2. The zero-order valence-electron chi connectivity index (χ0n) is 7.55. The molecule has 0 aromatic carbocycles. The fourth-order valence-corrected chi connectivity index (χ4v) is 2.28. The first-order valence-electron chi connectivity index (χ1n) is 4.22. The topological polar surface area (TPSA) is 34.1 Å². The van der Waals surface area contributed by atoms with Crippen molar-refractivity contribution < 1.29 is 9.59 Å². The molecule has 0 aromatic rings. The standard InChI is InChI=1S/C10H12O2/c1-5-4-6(11)7-8(9(5)12)10(7,2)3/h4,7-8H,1-3H3/t7-,8-/m0/s1. The van der Waals surface area contributed by atoms with E-state index < -0.39 is 0 Å². The second kappa shape index (κ2) is 1.87. The van der Waals surface area contributed by atoms with Gasteiger partial charge in [-0.2, -0.15) is 0 Å². The smallest absolute Gasteiger partial charge is 0.163 e. The maximum atomic E-state index is 11.5. The van der Waals surface area contributed by atoms with Crippen LogP contribution in [-0.2, 0) is 9.59 Å². The second-order valence-corrected chi connectivity index (χ2v) is 4.37.